The molecule has 0 bridgehead atoms. The van der Waals surface area contributed by atoms with Gasteiger partial charge in [0.15, 0.2) is 5.82 Å². The Morgan fingerprint density at radius 2 is 2.25 bits per heavy atom. The van der Waals surface area contributed by atoms with E-state index in [0.717, 1.165) is 25.2 Å². The lowest BCUT2D eigenvalue weighted by molar-refractivity contribution is 0.347. The van der Waals surface area contributed by atoms with Crippen molar-refractivity contribution in [2.24, 2.45) is 0 Å². The van der Waals surface area contributed by atoms with Gasteiger partial charge in [0, 0.05) is 25.3 Å². The highest BCUT2D eigenvalue weighted by molar-refractivity contribution is 4.93. The quantitative estimate of drug-likeness (QED) is 0.731. The molecule has 1 rings (SSSR count). The largest absolute Gasteiger partial charge is 0.339 e. The van der Waals surface area contributed by atoms with Crippen molar-refractivity contribution in [3.8, 4) is 6.07 Å². The van der Waals surface area contributed by atoms with Gasteiger partial charge in [0.2, 0.25) is 5.89 Å². The Hall–Kier alpha value is -1.41. The Morgan fingerprint density at radius 1 is 1.50 bits per heavy atom. The van der Waals surface area contributed by atoms with Crippen molar-refractivity contribution in [1.82, 2.24) is 15.0 Å². The van der Waals surface area contributed by atoms with Crippen molar-refractivity contribution in [2.75, 3.05) is 20.6 Å². The second kappa shape index (κ2) is 6.23. The third kappa shape index (κ3) is 3.99. The summed E-state index contributed by atoms with van der Waals surface area (Å²) in [5, 5.41) is 12.4. The number of likely N-dealkylation sites (N-methyl/N-ethyl adjacent to an activating group) is 1. The van der Waals surface area contributed by atoms with Gasteiger partial charge in [-0.3, -0.25) is 0 Å². The van der Waals surface area contributed by atoms with Crippen LogP contribution in [-0.4, -0.2) is 35.7 Å². The fourth-order valence-electron chi connectivity index (χ4n) is 1.30. The zero-order valence-corrected chi connectivity index (χ0v) is 10.1. The number of nitriles is 1. The topological polar surface area (TPSA) is 66.0 Å². The maximum atomic E-state index is 8.49. The van der Waals surface area contributed by atoms with E-state index >= 15 is 0 Å². The van der Waals surface area contributed by atoms with Crippen LogP contribution in [0.25, 0.3) is 0 Å². The molecule has 0 aliphatic carbocycles. The first-order valence-electron chi connectivity index (χ1n) is 5.47. The van der Waals surface area contributed by atoms with E-state index in [1.807, 2.05) is 21.0 Å². The summed E-state index contributed by atoms with van der Waals surface area (Å²) < 4.78 is 5.17. The van der Waals surface area contributed by atoms with Crippen LogP contribution in [0.3, 0.4) is 0 Å². The fraction of sp³-hybridized carbons (Fsp3) is 0.727. The molecule has 0 aromatic carbocycles. The predicted molar refractivity (Wildman–Crippen MR) is 59.8 cm³/mol. The number of hydrogen-bond donors (Lipinski definition) is 0. The molecule has 1 aromatic heterocycles. The molecule has 16 heavy (non-hydrogen) atoms. The molecule has 1 aromatic rings. The molecule has 0 radical (unpaired) electrons. The van der Waals surface area contributed by atoms with Gasteiger partial charge < -0.3 is 9.42 Å². The highest BCUT2D eigenvalue weighted by Crippen LogP contribution is 2.18. The van der Waals surface area contributed by atoms with E-state index in [1.54, 1.807) is 0 Å². The second-order valence-electron chi connectivity index (χ2n) is 4.20. The van der Waals surface area contributed by atoms with Gasteiger partial charge in [0.1, 0.15) is 0 Å². The summed E-state index contributed by atoms with van der Waals surface area (Å²) in [6, 6.07) is 2.12. The third-order valence-electron chi connectivity index (χ3n) is 2.38. The molecule has 0 aliphatic heterocycles. The first kappa shape index (κ1) is 12.7. The van der Waals surface area contributed by atoms with Crippen molar-refractivity contribution in [3.63, 3.8) is 0 Å². The van der Waals surface area contributed by atoms with E-state index in [4.69, 9.17) is 9.78 Å². The fourth-order valence-corrected chi connectivity index (χ4v) is 1.30. The number of rotatable bonds is 6. The molecule has 0 aliphatic rings. The van der Waals surface area contributed by atoms with Crippen LogP contribution in [0.4, 0.5) is 0 Å². The summed E-state index contributed by atoms with van der Waals surface area (Å²) in [5.74, 6) is 1.55. The Kier molecular flexibility index (Phi) is 4.93. The SMILES string of the molecule is CC(CCC#N)c1nc(CCN(C)C)no1. The number of hydrogen-bond acceptors (Lipinski definition) is 5. The summed E-state index contributed by atoms with van der Waals surface area (Å²) >= 11 is 0. The van der Waals surface area contributed by atoms with Gasteiger partial charge in [-0.15, -0.1) is 0 Å². The summed E-state index contributed by atoms with van der Waals surface area (Å²) in [6.45, 7) is 2.91. The van der Waals surface area contributed by atoms with Crippen LogP contribution < -0.4 is 0 Å². The normalized spacial score (nSPS) is 12.7. The first-order valence-corrected chi connectivity index (χ1v) is 5.47. The highest BCUT2D eigenvalue weighted by atomic mass is 16.5. The van der Waals surface area contributed by atoms with Gasteiger partial charge in [-0.05, 0) is 20.5 Å². The van der Waals surface area contributed by atoms with E-state index in [1.165, 1.54) is 0 Å². The maximum absolute atomic E-state index is 8.49. The molecule has 0 saturated carbocycles. The average molecular weight is 222 g/mol. The monoisotopic (exact) mass is 222 g/mol. The van der Waals surface area contributed by atoms with Gasteiger partial charge in [-0.1, -0.05) is 12.1 Å². The molecule has 5 nitrogen and oxygen atoms in total. The number of aromatic nitrogens is 2. The lowest BCUT2D eigenvalue weighted by Crippen LogP contribution is -2.15. The highest BCUT2D eigenvalue weighted by Gasteiger charge is 2.13. The summed E-state index contributed by atoms with van der Waals surface area (Å²) in [6.07, 6.45) is 2.09. The molecular formula is C11H18N4O. The molecule has 0 amide bonds. The van der Waals surface area contributed by atoms with E-state index < -0.39 is 0 Å². The molecular weight excluding hydrogens is 204 g/mol. The Labute approximate surface area is 96.1 Å². The zero-order valence-electron chi connectivity index (χ0n) is 10.1. The van der Waals surface area contributed by atoms with Gasteiger partial charge >= 0.3 is 0 Å². The first-order chi connectivity index (χ1) is 7.63. The van der Waals surface area contributed by atoms with Crippen LogP contribution in [0.15, 0.2) is 4.52 Å². The van der Waals surface area contributed by atoms with Crippen LogP contribution in [0.2, 0.25) is 0 Å². The summed E-state index contributed by atoms with van der Waals surface area (Å²) in [4.78, 5) is 6.40. The standard InChI is InChI=1S/C11H18N4O/c1-9(5-4-7-12)11-13-10(14-16-11)6-8-15(2)3/h9H,4-6,8H2,1-3H3. The average Bonchev–Trinajstić information content (AvgIpc) is 2.71. The Balaban J connectivity index is 2.47. The smallest absolute Gasteiger partial charge is 0.229 e. The van der Waals surface area contributed by atoms with Crippen LogP contribution in [-0.2, 0) is 6.42 Å². The molecule has 1 heterocycles. The van der Waals surface area contributed by atoms with Crippen molar-refractivity contribution in [1.29, 1.82) is 5.26 Å². The minimum absolute atomic E-state index is 0.167. The van der Waals surface area contributed by atoms with Crippen molar-refractivity contribution in [2.45, 2.75) is 32.1 Å². The zero-order chi connectivity index (χ0) is 12.0. The molecule has 5 heteroatoms. The van der Waals surface area contributed by atoms with E-state index in [0.29, 0.717) is 12.3 Å². The van der Waals surface area contributed by atoms with Crippen molar-refractivity contribution >= 4 is 0 Å². The lowest BCUT2D eigenvalue weighted by Gasteiger charge is -2.05. The molecule has 1 atom stereocenters. The number of nitrogens with zero attached hydrogens (tertiary/aromatic N) is 4. The van der Waals surface area contributed by atoms with Crippen LogP contribution in [0, 0.1) is 11.3 Å². The Morgan fingerprint density at radius 3 is 2.88 bits per heavy atom. The molecule has 0 N–H and O–H groups in total. The van der Waals surface area contributed by atoms with E-state index in [9.17, 15) is 0 Å². The second-order valence-corrected chi connectivity index (χ2v) is 4.20. The van der Waals surface area contributed by atoms with Gasteiger partial charge in [0.25, 0.3) is 0 Å². The van der Waals surface area contributed by atoms with Crippen molar-refractivity contribution < 1.29 is 4.52 Å². The third-order valence-corrected chi connectivity index (χ3v) is 2.38. The van der Waals surface area contributed by atoms with Crippen LogP contribution in [0.5, 0.6) is 0 Å². The maximum Gasteiger partial charge on any atom is 0.229 e. The summed E-state index contributed by atoms with van der Waals surface area (Å²) in [5.41, 5.74) is 0. The summed E-state index contributed by atoms with van der Waals surface area (Å²) in [7, 11) is 4.02. The molecule has 88 valence electrons. The van der Waals surface area contributed by atoms with Gasteiger partial charge in [0.05, 0.1) is 6.07 Å². The predicted octanol–water partition coefficient (Wildman–Crippen LogP) is 1.58. The van der Waals surface area contributed by atoms with Crippen molar-refractivity contribution in [3.05, 3.63) is 11.7 Å². The minimum Gasteiger partial charge on any atom is -0.339 e. The van der Waals surface area contributed by atoms with Gasteiger partial charge in [-0.25, -0.2) is 0 Å². The lowest BCUT2D eigenvalue weighted by atomic mass is 10.1. The molecule has 0 spiro atoms. The van der Waals surface area contributed by atoms with E-state index in [-0.39, 0.29) is 5.92 Å². The minimum atomic E-state index is 0.167. The molecule has 1 unspecified atom stereocenters. The molecule has 0 saturated heterocycles. The van der Waals surface area contributed by atoms with Crippen LogP contribution >= 0.6 is 0 Å². The Bertz CT molecular complexity index is 353. The van der Waals surface area contributed by atoms with Crippen LogP contribution in [0.1, 0.15) is 37.4 Å². The van der Waals surface area contributed by atoms with Gasteiger partial charge in [-0.2, -0.15) is 10.2 Å². The van der Waals surface area contributed by atoms with E-state index in [2.05, 4.69) is 21.1 Å². The molecule has 0 fully saturated rings.